The Bertz CT molecular complexity index is 1040. The Morgan fingerprint density at radius 1 is 1.12 bits per heavy atom. The minimum absolute atomic E-state index is 0.00710. The van der Waals surface area contributed by atoms with Gasteiger partial charge in [-0.05, 0) is 56.4 Å². The van der Waals surface area contributed by atoms with Crippen molar-refractivity contribution in [1.82, 2.24) is 10.5 Å². The van der Waals surface area contributed by atoms with Crippen molar-refractivity contribution in [3.63, 3.8) is 0 Å². The highest BCUT2D eigenvalue weighted by Crippen LogP contribution is 2.36. The SMILES string of the molecule is COc1cc(C(=O)NC(c2ccccc2)C2CCCC2)ccc1OCc1c(C)noc1C. The molecule has 0 saturated heterocycles. The van der Waals surface area contributed by atoms with Crippen LogP contribution in [0.5, 0.6) is 11.5 Å². The quantitative estimate of drug-likeness (QED) is 0.504. The van der Waals surface area contributed by atoms with E-state index in [-0.39, 0.29) is 11.9 Å². The van der Waals surface area contributed by atoms with E-state index >= 15 is 0 Å². The highest BCUT2D eigenvalue weighted by molar-refractivity contribution is 5.95. The number of benzene rings is 2. The third-order valence-electron chi connectivity index (χ3n) is 6.30. The third-order valence-corrected chi connectivity index (χ3v) is 6.30. The molecule has 0 radical (unpaired) electrons. The van der Waals surface area contributed by atoms with Crippen LogP contribution in [0, 0.1) is 19.8 Å². The first-order valence-corrected chi connectivity index (χ1v) is 11.1. The molecule has 0 bridgehead atoms. The number of carbonyl (C=O) groups is 1. The molecule has 1 fully saturated rings. The fourth-order valence-electron chi connectivity index (χ4n) is 4.43. The van der Waals surface area contributed by atoms with Gasteiger partial charge >= 0.3 is 0 Å². The molecule has 0 spiro atoms. The van der Waals surface area contributed by atoms with Gasteiger partial charge in [0.25, 0.3) is 5.91 Å². The van der Waals surface area contributed by atoms with Crippen molar-refractivity contribution in [2.45, 2.75) is 52.2 Å². The van der Waals surface area contributed by atoms with Crippen LogP contribution < -0.4 is 14.8 Å². The second-order valence-corrected chi connectivity index (χ2v) is 8.36. The van der Waals surface area contributed by atoms with Crippen LogP contribution in [0.1, 0.15) is 64.7 Å². The van der Waals surface area contributed by atoms with Gasteiger partial charge in [-0.1, -0.05) is 48.3 Å². The van der Waals surface area contributed by atoms with Gasteiger partial charge in [0.15, 0.2) is 11.5 Å². The Balaban J connectivity index is 1.50. The number of hydrogen-bond donors (Lipinski definition) is 1. The zero-order valence-electron chi connectivity index (χ0n) is 18.9. The lowest BCUT2D eigenvalue weighted by Crippen LogP contribution is -2.32. The molecule has 2 aromatic carbocycles. The van der Waals surface area contributed by atoms with Crippen LogP contribution in [0.15, 0.2) is 53.1 Å². The summed E-state index contributed by atoms with van der Waals surface area (Å²) in [5.41, 5.74) is 3.41. The van der Waals surface area contributed by atoms with E-state index in [0.29, 0.717) is 29.6 Å². The number of aryl methyl sites for hydroxylation is 2. The van der Waals surface area contributed by atoms with Crippen LogP contribution in [0.2, 0.25) is 0 Å². The number of hydrogen-bond acceptors (Lipinski definition) is 5. The van der Waals surface area contributed by atoms with Gasteiger partial charge in [0.1, 0.15) is 12.4 Å². The summed E-state index contributed by atoms with van der Waals surface area (Å²) in [4.78, 5) is 13.2. The lowest BCUT2D eigenvalue weighted by molar-refractivity contribution is 0.0921. The van der Waals surface area contributed by atoms with Crippen molar-refractivity contribution in [3.8, 4) is 11.5 Å². The Hall–Kier alpha value is -3.28. The second kappa shape index (κ2) is 9.90. The number of nitrogens with one attached hydrogen (secondary N) is 1. The summed E-state index contributed by atoms with van der Waals surface area (Å²) in [5.74, 6) is 2.17. The molecule has 1 unspecified atom stereocenters. The molecule has 0 aliphatic heterocycles. The molecular formula is C26H30N2O4. The summed E-state index contributed by atoms with van der Waals surface area (Å²) in [7, 11) is 1.57. The normalized spacial score (nSPS) is 14.8. The highest BCUT2D eigenvalue weighted by atomic mass is 16.5. The number of nitrogens with zero attached hydrogens (tertiary/aromatic N) is 1. The molecule has 3 aromatic rings. The average Bonchev–Trinajstić information content (AvgIpc) is 3.46. The maximum absolute atomic E-state index is 13.2. The van der Waals surface area contributed by atoms with Gasteiger partial charge in [0.2, 0.25) is 0 Å². The maximum Gasteiger partial charge on any atom is 0.251 e. The van der Waals surface area contributed by atoms with Gasteiger partial charge in [-0.25, -0.2) is 0 Å². The van der Waals surface area contributed by atoms with Gasteiger partial charge in [0.05, 0.1) is 24.4 Å². The first-order valence-electron chi connectivity index (χ1n) is 11.1. The molecule has 1 heterocycles. The van der Waals surface area contributed by atoms with E-state index in [1.165, 1.54) is 12.8 Å². The highest BCUT2D eigenvalue weighted by Gasteiger charge is 2.28. The summed E-state index contributed by atoms with van der Waals surface area (Å²) < 4.78 is 16.6. The molecule has 32 heavy (non-hydrogen) atoms. The standard InChI is InChI=1S/C26H30N2O4/c1-17-22(18(2)32-28-17)16-31-23-14-13-21(15-24(23)30-3)26(29)27-25(20-11-7-8-12-20)19-9-5-4-6-10-19/h4-6,9-10,13-15,20,25H,7-8,11-12,16H2,1-3H3,(H,27,29). The molecule has 168 valence electrons. The summed E-state index contributed by atoms with van der Waals surface area (Å²) in [6.07, 6.45) is 4.71. The summed E-state index contributed by atoms with van der Waals surface area (Å²) in [6, 6.07) is 15.5. The predicted molar refractivity (Wildman–Crippen MR) is 122 cm³/mol. The monoisotopic (exact) mass is 434 g/mol. The van der Waals surface area contributed by atoms with Crippen molar-refractivity contribution < 1.29 is 18.8 Å². The van der Waals surface area contributed by atoms with E-state index < -0.39 is 0 Å². The maximum atomic E-state index is 13.2. The van der Waals surface area contributed by atoms with Crippen LogP contribution in [0.3, 0.4) is 0 Å². The largest absolute Gasteiger partial charge is 0.493 e. The zero-order valence-corrected chi connectivity index (χ0v) is 18.9. The van der Waals surface area contributed by atoms with Gasteiger partial charge in [-0.15, -0.1) is 0 Å². The first kappa shape index (κ1) is 21.9. The van der Waals surface area contributed by atoms with Crippen LogP contribution in [-0.2, 0) is 6.61 Å². The van der Waals surface area contributed by atoms with Crippen molar-refractivity contribution in [3.05, 3.63) is 76.7 Å². The molecule has 1 saturated carbocycles. The molecule has 6 heteroatoms. The molecule has 1 N–H and O–H groups in total. The number of aromatic nitrogens is 1. The smallest absolute Gasteiger partial charge is 0.251 e. The molecule has 1 aliphatic carbocycles. The number of carbonyl (C=O) groups excluding carboxylic acids is 1. The number of rotatable bonds is 8. The molecule has 6 nitrogen and oxygen atoms in total. The fourth-order valence-corrected chi connectivity index (χ4v) is 4.43. The van der Waals surface area contributed by atoms with Gasteiger partial charge < -0.3 is 19.3 Å². The van der Waals surface area contributed by atoms with Crippen molar-refractivity contribution in [2.75, 3.05) is 7.11 Å². The summed E-state index contributed by atoms with van der Waals surface area (Å²) in [6.45, 7) is 4.06. The Kier molecular flexibility index (Phi) is 6.78. The van der Waals surface area contributed by atoms with Crippen LogP contribution in [-0.4, -0.2) is 18.2 Å². The number of ether oxygens (including phenoxy) is 2. The van der Waals surface area contributed by atoms with E-state index in [1.54, 1.807) is 25.3 Å². The van der Waals surface area contributed by atoms with Crippen molar-refractivity contribution >= 4 is 5.91 Å². The Morgan fingerprint density at radius 3 is 2.53 bits per heavy atom. The summed E-state index contributed by atoms with van der Waals surface area (Å²) >= 11 is 0. The first-order chi connectivity index (χ1) is 15.6. The van der Waals surface area contributed by atoms with Crippen molar-refractivity contribution in [1.29, 1.82) is 0 Å². The summed E-state index contributed by atoms with van der Waals surface area (Å²) in [5, 5.41) is 7.23. The zero-order chi connectivity index (χ0) is 22.5. The van der Waals surface area contributed by atoms with Gasteiger partial charge in [-0.2, -0.15) is 0 Å². The molecule has 1 aromatic heterocycles. The fraction of sp³-hybridized carbons (Fsp3) is 0.385. The van der Waals surface area contributed by atoms with Gasteiger partial charge in [0, 0.05) is 5.56 Å². The Morgan fingerprint density at radius 2 is 1.88 bits per heavy atom. The lowest BCUT2D eigenvalue weighted by Gasteiger charge is -2.25. The van der Waals surface area contributed by atoms with E-state index in [1.807, 2.05) is 32.0 Å². The third kappa shape index (κ3) is 4.79. The minimum Gasteiger partial charge on any atom is -0.493 e. The van der Waals surface area contributed by atoms with E-state index in [2.05, 4.69) is 22.6 Å². The average molecular weight is 435 g/mol. The van der Waals surface area contributed by atoms with E-state index in [0.717, 1.165) is 35.4 Å². The van der Waals surface area contributed by atoms with E-state index in [4.69, 9.17) is 14.0 Å². The van der Waals surface area contributed by atoms with Gasteiger partial charge in [-0.3, -0.25) is 4.79 Å². The number of methoxy groups -OCH3 is 1. The minimum atomic E-state index is -0.110. The van der Waals surface area contributed by atoms with Crippen LogP contribution >= 0.6 is 0 Å². The topological polar surface area (TPSA) is 73.6 Å². The molecule has 1 atom stereocenters. The Labute approximate surface area is 188 Å². The van der Waals surface area contributed by atoms with E-state index in [9.17, 15) is 4.79 Å². The molecular weight excluding hydrogens is 404 g/mol. The molecule has 1 amide bonds. The van der Waals surface area contributed by atoms with Crippen LogP contribution in [0.4, 0.5) is 0 Å². The predicted octanol–water partition coefficient (Wildman–Crippen LogP) is 5.54. The van der Waals surface area contributed by atoms with Crippen LogP contribution in [0.25, 0.3) is 0 Å². The second-order valence-electron chi connectivity index (χ2n) is 8.36. The molecule has 4 rings (SSSR count). The number of amides is 1. The molecule has 1 aliphatic rings. The van der Waals surface area contributed by atoms with Crippen molar-refractivity contribution in [2.24, 2.45) is 5.92 Å². The lowest BCUT2D eigenvalue weighted by atomic mass is 9.91.